The topological polar surface area (TPSA) is 55.0 Å². The number of halogens is 2. The number of nitrogens with one attached hydrogen (secondary N) is 1. The van der Waals surface area contributed by atoms with Crippen molar-refractivity contribution in [2.45, 2.75) is 0 Å². The molecule has 0 amide bonds. The van der Waals surface area contributed by atoms with E-state index in [0.717, 1.165) is 24.3 Å². The van der Waals surface area contributed by atoms with E-state index < -0.39 is 17.2 Å². The van der Waals surface area contributed by atoms with E-state index in [1.807, 2.05) is 0 Å². The van der Waals surface area contributed by atoms with Gasteiger partial charge in [-0.05, 0) is 0 Å². The Labute approximate surface area is 88.5 Å². The van der Waals surface area contributed by atoms with Gasteiger partial charge in [0.25, 0.3) is 5.56 Å². The lowest BCUT2D eigenvalue weighted by Gasteiger charge is -2.04. The van der Waals surface area contributed by atoms with Crippen LogP contribution in [0.2, 0.25) is 0 Å². The number of aromatic nitrogens is 2. The van der Waals surface area contributed by atoms with Gasteiger partial charge in [-0.1, -0.05) is 0 Å². The number of ether oxygens (including phenoxy) is 1. The minimum absolute atomic E-state index is 0.0371. The summed E-state index contributed by atoms with van der Waals surface area (Å²) in [7, 11) is 0. The molecule has 1 heterocycles. The Kier molecular flexibility index (Phi) is 2.63. The quantitative estimate of drug-likeness (QED) is 0.846. The lowest BCUT2D eigenvalue weighted by molar-refractivity contribution is 0.464. The highest BCUT2D eigenvalue weighted by atomic mass is 19.1. The molecule has 1 aromatic carbocycles. The molecule has 0 radical (unpaired) electrons. The van der Waals surface area contributed by atoms with Gasteiger partial charge in [0.1, 0.15) is 17.4 Å². The molecule has 0 spiro atoms. The zero-order valence-corrected chi connectivity index (χ0v) is 7.91. The highest BCUT2D eigenvalue weighted by Crippen LogP contribution is 2.21. The largest absolute Gasteiger partial charge is 0.455 e. The molecule has 6 heteroatoms. The fraction of sp³-hybridized carbons (Fsp3) is 0. The van der Waals surface area contributed by atoms with E-state index in [9.17, 15) is 13.6 Å². The molecule has 0 fully saturated rings. The number of aromatic amines is 1. The van der Waals surface area contributed by atoms with Gasteiger partial charge in [-0.3, -0.25) is 4.79 Å². The van der Waals surface area contributed by atoms with E-state index in [2.05, 4.69) is 10.2 Å². The molecule has 4 nitrogen and oxygen atoms in total. The number of rotatable bonds is 2. The van der Waals surface area contributed by atoms with Crippen LogP contribution < -0.4 is 10.3 Å². The van der Waals surface area contributed by atoms with E-state index >= 15 is 0 Å². The first-order valence-corrected chi connectivity index (χ1v) is 4.32. The van der Waals surface area contributed by atoms with Crippen molar-refractivity contribution in [3.63, 3.8) is 0 Å². The fourth-order valence-corrected chi connectivity index (χ4v) is 1.14. The molecule has 0 unspecified atom stereocenters. The van der Waals surface area contributed by atoms with Gasteiger partial charge in [-0.15, -0.1) is 0 Å². The first-order valence-electron chi connectivity index (χ1n) is 4.32. The van der Waals surface area contributed by atoms with Crippen molar-refractivity contribution >= 4 is 0 Å². The van der Waals surface area contributed by atoms with Crippen LogP contribution in [0.25, 0.3) is 0 Å². The molecule has 0 saturated heterocycles. The summed E-state index contributed by atoms with van der Waals surface area (Å²) in [6.07, 6.45) is 1.23. The predicted molar refractivity (Wildman–Crippen MR) is 51.3 cm³/mol. The van der Waals surface area contributed by atoms with Gasteiger partial charge < -0.3 is 4.74 Å². The molecule has 0 aliphatic rings. The number of H-pyrrole nitrogens is 1. The molecule has 0 bridgehead atoms. The van der Waals surface area contributed by atoms with E-state index in [-0.39, 0.29) is 11.5 Å². The lowest BCUT2D eigenvalue weighted by atomic mass is 10.3. The molecule has 0 aliphatic carbocycles. The van der Waals surface area contributed by atoms with E-state index in [1.54, 1.807) is 0 Å². The molecule has 2 rings (SSSR count). The third-order valence-corrected chi connectivity index (χ3v) is 1.71. The maximum atomic E-state index is 12.8. The van der Waals surface area contributed by atoms with Gasteiger partial charge in [0.2, 0.25) is 0 Å². The number of hydrogen-bond donors (Lipinski definition) is 1. The van der Waals surface area contributed by atoms with Crippen molar-refractivity contribution in [3.05, 3.63) is 52.5 Å². The standard InChI is InChI=1S/C10H6F2N2O2/c11-6-1-7(12)3-8(2-6)16-9-4-10(15)14-13-5-9/h1-5H,(H,14,15). The fourth-order valence-electron chi connectivity index (χ4n) is 1.14. The maximum absolute atomic E-state index is 12.8. The van der Waals surface area contributed by atoms with E-state index in [4.69, 9.17) is 4.74 Å². The van der Waals surface area contributed by atoms with Gasteiger partial charge in [0.05, 0.1) is 6.20 Å². The summed E-state index contributed by atoms with van der Waals surface area (Å²) < 4.78 is 30.7. The van der Waals surface area contributed by atoms with Crippen LogP contribution in [0.5, 0.6) is 11.5 Å². The minimum Gasteiger partial charge on any atom is -0.455 e. The SMILES string of the molecule is O=c1cc(Oc2cc(F)cc(F)c2)cn[nH]1. The third-order valence-electron chi connectivity index (χ3n) is 1.71. The number of hydrogen-bond acceptors (Lipinski definition) is 3. The molecular weight excluding hydrogens is 218 g/mol. The van der Waals surface area contributed by atoms with E-state index in [1.165, 1.54) is 6.20 Å². The van der Waals surface area contributed by atoms with Crippen LogP contribution in [0.4, 0.5) is 8.78 Å². The maximum Gasteiger partial charge on any atom is 0.267 e. The van der Waals surface area contributed by atoms with Gasteiger partial charge in [-0.2, -0.15) is 5.10 Å². The molecule has 1 aromatic heterocycles. The molecule has 0 aliphatic heterocycles. The van der Waals surface area contributed by atoms with Crippen LogP contribution in [-0.4, -0.2) is 10.2 Å². The van der Waals surface area contributed by atoms with Crippen molar-refractivity contribution in [1.82, 2.24) is 10.2 Å². The second kappa shape index (κ2) is 4.09. The Bertz CT molecular complexity index is 548. The predicted octanol–water partition coefficient (Wildman–Crippen LogP) is 1.84. The monoisotopic (exact) mass is 224 g/mol. The number of benzene rings is 1. The van der Waals surface area contributed by atoms with Crippen LogP contribution in [0.1, 0.15) is 0 Å². The average molecular weight is 224 g/mol. The Morgan fingerprint density at radius 3 is 2.38 bits per heavy atom. The molecule has 1 N–H and O–H groups in total. The third kappa shape index (κ3) is 2.41. The Morgan fingerprint density at radius 1 is 1.06 bits per heavy atom. The highest BCUT2D eigenvalue weighted by molar-refractivity contribution is 5.29. The molecule has 2 aromatic rings. The van der Waals surface area contributed by atoms with Gasteiger partial charge in [0, 0.05) is 24.3 Å². The lowest BCUT2D eigenvalue weighted by Crippen LogP contribution is -2.05. The Hall–Kier alpha value is -2.24. The summed E-state index contributed by atoms with van der Waals surface area (Å²) in [6, 6.07) is 3.85. The smallest absolute Gasteiger partial charge is 0.267 e. The van der Waals surface area contributed by atoms with Gasteiger partial charge >= 0.3 is 0 Å². The normalized spacial score (nSPS) is 10.1. The minimum atomic E-state index is -0.757. The van der Waals surface area contributed by atoms with E-state index in [0.29, 0.717) is 0 Å². The molecule has 82 valence electrons. The van der Waals surface area contributed by atoms with Crippen molar-refractivity contribution in [3.8, 4) is 11.5 Å². The highest BCUT2D eigenvalue weighted by Gasteiger charge is 2.03. The van der Waals surface area contributed by atoms with Crippen molar-refractivity contribution in [2.24, 2.45) is 0 Å². The summed E-state index contributed by atoms with van der Waals surface area (Å²) in [5.74, 6) is -1.45. The van der Waals surface area contributed by atoms with Crippen LogP contribution in [0.3, 0.4) is 0 Å². The molecule has 16 heavy (non-hydrogen) atoms. The van der Waals surface area contributed by atoms with Crippen molar-refractivity contribution in [1.29, 1.82) is 0 Å². The second-order valence-corrected chi connectivity index (χ2v) is 2.99. The van der Waals surface area contributed by atoms with Gasteiger partial charge in [0.15, 0.2) is 5.75 Å². The number of nitrogens with zero attached hydrogens (tertiary/aromatic N) is 1. The molecular formula is C10H6F2N2O2. The van der Waals surface area contributed by atoms with Crippen LogP contribution in [0, 0.1) is 11.6 Å². The van der Waals surface area contributed by atoms with Crippen molar-refractivity contribution in [2.75, 3.05) is 0 Å². The van der Waals surface area contributed by atoms with Crippen molar-refractivity contribution < 1.29 is 13.5 Å². The molecule has 0 atom stereocenters. The summed E-state index contributed by atoms with van der Waals surface area (Å²) >= 11 is 0. The zero-order chi connectivity index (χ0) is 11.5. The van der Waals surface area contributed by atoms with Gasteiger partial charge in [-0.25, -0.2) is 13.9 Å². The van der Waals surface area contributed by atoms with Crippen LogP contribution >= 0.6 is 0 Å². The van der Waals surface area contributed by atoms with Crippen LogP contribution in [-0.2, 0) is 0 Å². The summed E-state index contributed by atoms with van der Waals surface area (Å²) in [6.45, 7) is 0. The first kappa shape index (κ1) is 10.3. The summed E-state index contributed by atoms with van der Waals surface area (Å²) in [4.78, 5) is 10.9. The Balaban J connectivity index is 2.30. The average Bonchev–Trinajstić information content (AvgIpc) is 2.15. The zero-order valence-electron chi connectivity index (χ0n) is 7.91. The molecule has 0 saturated carbocycles. The Morgan fingerprint density at radius 2 is 1.75 bits per heavy atom. The summed E-state index contributed by atoms with van der Waals surface area (Å²) in [5.41, 5.74) is -0.464. The summed E-state index contributed by atoms with van der Waals surface area (Å²) in [5, 5.41) is 5.62. The second-order valence-electron chi connectivity index (χ2n) is 2.99. The van der Waals surface area contributed by atoms with Crippen LogP contribution in [0.15, 0.2) is 35.3 Å². The first-order chi connectivity index (χ1) is 7.63.